The standard InChI is InChI=1S/C10H5BrClF2NO2/c11-5-1-7(13)9(14)8(2-5)17-10-15-6(3-12)4-16-10/h1-2,4H,3H2. The van der Waals surface area contributed by atoms with Crippen molar-refractivity contribution in [3.63, 3.8) is 0 Å². The van der Waals surface area contributed by atoms with Crippen LogP contribution in [0.25, 0.3) is 0 Å². The van der Waals surface area contributed by atoms with Gasteiger partial charge in [0.25, 0.3) is 0 Å². The number of alkyl halides is 1. The SMILES string of the molecule is Fc1cc(Br)cc(Oc2nc(CCl)co2)c1F. The number of oxazole rings is 1. The Kier molecular flexibility index (Phi) is 3.63. The summed E-state index contributed by atoms with van der Waals surface area (Å²) in [4.78, 5) is 3.80. The Hall–Kier alpha value is -1.14. The van der Waals surface area contributed by atoms with E-state index in [0.29, 0.717) is 10.2 Å². The van der Waals surface area contributed by atoms with Gasteiger partial charge >= 0.3 is 6.08 Å². The number of ether oxygens (including phenoxy) is 1. The lowest BCUT2D eigenvalue weighted by atomic mass is 10.3. The monoisotopic (exact) mass is 323 g/mol. The second kappa shape index (κ2) is 5.01. The van der Waals surface area contributed by atoms with Crippen LogP contribution in [0.3, 0.4) is 0 Å². The average Bonchev–Trinajstić information content (AvgIpc) is 2.73. The van der Waals surface area contributed by atoms with Gasteiger partial charge in [-0.3, -0.25) is 0 Å². The van der Waals surface area contributed by atoms with Crippen LogP contribution in [0.1, 0.15) is 5.69 Å². The quantitative estimate of drug-likeness (QED) is 0.625. The Bertz CT molecular complexity index is 547. The van der Waals surface area contributed by atoms with Crippen molar-refractivity contribution in [1.29, 1.82) is 0 Å². The van der Waals surface area contributed by atoms with E-state index in [9.17, 15) is 8.78 Å². The number of hydrogen-bond donors (Lipinski definition) is 0. The summed E-state index contributed by atoms with van der Waals surface area (Å²) in [5.74, 6) is -2.32. The number of aromatic nitrogens is 1. The molecule has 0 aliphatic rings. The summed E-state index contributed by atoms with van der Waals surface area (Å²) >= 11 is 8.53. The van der Waals surface area contributed by atoms with E-state index in [2.05, 4.69) is 20.9 Å². The molecule has 0 bridgehead atoms. The minimum absolute atomic E-state index is 0.141. The molecule has 0 saturated heterocycles. The average molecular weight is 325 g/mol. The first kappa shape index (κ1) is 12.3. The topological polar surface area (TPSA) is 35.3 Å². The lowest BCUT2D eigenvalue weighted by molar-refractivity contribution is 0.312. The molecule has 0 radical (unpaired) electrons. The van der Waals surface area contributed by atoms with Crippen LogP contribution >= 0.6 is 27.5 Å². The molecule has 1 aromatic carbocycles. The van der Waals surface area contributed by atoms with Gasteiger partial charge in [-0.25, -0.2) is 4.39 Å². The van der Waals surface area contributed by atoms with Gasteiger partial charge < -0.3 is 9.15 Å². The van der Waals surface area contributed by atoms with Crippen molar-refractivity contribution in [1.82, 2.24) is 4.98 Å². The first-order valence-electron chi connectivity index (χ1n) is 4.43. The van der Waals surface area contributed by atoms with Crippen LogP contribution in [0.15, 0.2) is 27.3 Å². The van der Waals surface area contributed by atoms with E-state index in [4.69, 9.17) is 20.8 Å². The molecule has 7 heteroatoms. The number of halogens is 4. The van der Waals surface area contributed by atoms with Crippen molar-refractivity contribution in [3.8, 4) is 11.8 Å². The van der Waals surface area contributed by atoms with Crippen LogP contribution in [0, 0.1) is 11.6 Å². The van der Waals surface area contributed by atoms with Gasteiger partial charge in [0, 0.05) is 4.47 Å². The fourth-order valence-corrected chi connectivity index (χ4v) is 1.63. The third kappa shape index (κ3) is 2.76. The maximum atomic E-state index is 13.3. The summed E-state index contributed by atoms with van der Waals surface area (Å²) in [6.07, 6.45) is 1.08. The van der Waals surface area contributed by atoms with Gasteiger partial charge in [0.1, 0.15) is 6.26 Å². The number of rotatable bonds is 3. The highest BCUT2D eigenvalue weighted by molar-refractivity contribution is 9.10. The number of nitrogens with zero attached hydrogens (tertiary/aromatic N) is 1. The lowest BCUT2D eigenvalue weighted by Crippen LogP contribution is -1.92. The normalized spacial score (nSPS) is 10.6. The third-order valence-electron chi connectivity index (χ3n) is 1.82. The molecule has 0 amide bonds. The zero-order valence-corrected chi connectivity index (χ0v) is 10.6. The zero-order valence-electron chi connectivity index (χ0n) is 8.21. The van der Waals surface area contributed by atoms with Crippen LogP contribution < -0.4 is 4.74 Å². The summed E-state index contributed by atoms with van der Waals surface area (Å²) in [6.45, 7) is 0. The van der Waals surface area contributed by atoms with Gasteiger partial charge in [-0.1, -0.05) is 15.9 Å². The Balaban J connectivity index is 2.29. The minimum atomic E-state index is -1.11. The smallest absolute Gasteiger partial charge is 0.399 e. The number of hydrogen-bond acceptors (Lipinski definition) is 3. The second-order valence-electron chi connectivity index (χ2n) is 3.04. The fourth-order valence-electron chi connectivity index (χ4n) is 1.10. The van der Waals surface area contributed by atoms with Crippen LogP contribution in [-0.2, 0) is 5.88 Å². The Labute approximate surface area is 108 Å². The van der Waals surface area contributed by atoms with Gasteiger partial charge in [-0.2, -0.15) is 9.37 Å². The molecule has 17 heavy (non-hydrogen) atoms. The van der Waals surface area contributed by atoms with Crippen LogP contribution in [0.4, 0.5) is 8.78 Å². The van der Waals surface area contributed by atoms with Crippen molar-refractivity contribution < 1.29 is 17.9 Å². The lowest BCUT2D eigenvalue weighted by Gasteiger charge is -2.03. The molecule has 3 nitrogen and oxygen atoms in total. The summed E-state index contributed by atoms with van der Waals surface area (Å²) in [6, 6.07) is 2.25. The number of benzene rings is 1. The molecular formula is C10H5BrClF2NO2. The van der Waals surface area contributed by atoms with E-state index in [1.165, 1.54) is 12.3 Å². The molecule has 0 N–H and O–H groups in total. The van der Waals surface area contributed by atoms with Crippen molar-refractivity contribution in [3.05, 3.63) is 40.2 Å². The third-order valence-corrected chi connectivity index (χ3v) is 2.56. The summed E-state index contributed by atoms with van der Waals surface area (Å²) in [5, 5.41) is 0. The molecule has 0 fully saturated rings. The van der Waals surface area contributed by atoms with Crippen LogP contribution in [0.5, 0.6) is 11.8 Å². The maximum absolute atomic E-state index is 13.3. The molecule has 0 atom stereocenters. The van der Waals surface area contributed by atoms with Crippen molar-refractivity contribution in [2.24, 2.45) is 0 Å². The fraction of sp³-hybridized carbons (Fsp3) is 0.100. The predicted octanol–water partition coefficient (Wildman–Crippen LogP) is 4.25. The van der Waals surface area contributed by atoms with Crippen molar-refractivity contribution >= 4 is 27.5 Å². The van der Waals surface area contributed by atoms with Gasteiger partial charge in [-0.15, -0.1) is 11.6 Å². The Morgan fingerprint density at radius 2 is 2.18 bits per heavy atom. The predicted molar refractivity (Wildman–Crippen MR) is 60.2 cm³/mol. The zero-order chi connectivity index (χ0) is 12.4. The maximum Gasteiger partial charge on any atom is 0.399 e. The first-order valence-corrected chi connectivity index (χ1v) is 5.75. The molecule has 2 rings (SSSR count). The largest absolute Gasteiger partial charge is 0.417 e. The molecule has 0 aliphatic heterocycles. The van der Waals surface area contributed by atoms with E-state index < -0.39 is 11.6 Å². The van der Waals surface area contributed by atoms with E-state index in [1.54, 1.807) is 0 Å². The van der Waals surface area contributed by atoms with E-state index in [1.807, 2.05) is 0 Å². The molecule has 0 aliphatic carbocycles. The van der Waals surface area contributed by atoms with Crippen molar-refractivity contribution in [2.45, 2.75) is 5.88 Å². The molecule has 90 valence electrons. The molecule has 0 unspecified atom stereocenters. The van der Waals surface area contributed by atoms with Gasteiger partial charge in [0.15, 0.2) is 11.6 Å². The van der Waals surface area contributed by atoms with Gasteiger partial charge in [0.05, 0.1) is 11.6 Å². The molecule has 1 aromatic heterocycles. The summed E-state index contributed by atoms with van der Waals surface area (Å²) in [7, 11) is 0. The Morgan fingerprint density at radius 1 is 1.41 bits per heavy atom. The molecule has 0 saturated carbocycles. The Morgan fingerprint density at radius 3 is 2.82 bits per heavy atom. The molecular weight excluding hydrogens is 319 g/mol. The summed E-state index contributed by atoms with van der Waals surface area (Å²) < 4.78 is 36.6. The first-order chi connectivity index (χ1) is 8.10. The summed E-state index contributed by atoms with van der Waals surface area (Å²) in [5.41, 5.74) is 0.442. The van der Waals surface area contributed by atoms with Crippen LogP contribution in [-0.4, -0.2) is 4.98 Å². The van der Waals surface area contributed by atoms with Gasteiger partial charge in [0.2, 0.25) is 5.82 Å². The van der Waals surface area contributed by atoms with E-state index in [0.717, 1.165) is 6.07 Å². The molecule has 1 heterocycles. The van der Waals surface area contributed by atoms with Gasteiger partial charge in [-0.05, 0) is 12.1 Å². The highest BCUT2D eigenvalue weighted by Crippen LogP contribution is 2.29. The highest BCUT2D eigenvalue weighted by atomic mass is 79.9. The second-order valence-corrected chi connectivity index (χ2v) is 4.22. The molecule has 2 aromatic rings. The van der Waals surface area contributed by atoms with Crippen molar-refractivity contribution in [2.75, 3.05) is 0 Å². The van der Waals surface area contributed by atoms with Crippen LogP contribution in [0.2, 0.25) is 0 Å². The van der Waals surface area contributed by atoms with E-state index in [-0.39, 0.29) is 17.7 Å². The minimum Gasteiger partial charge on any atom is -0.417 e. The molecule has 0 spiro atoms. The highest BCUT2D eigenvalue weighted by Gasteiger charge is 2.14. The van der Waals surface area contributed by atoms with E-state index >= 15 is 0 Å².